The number of rotatable bonds is 5. The van der Waals surface area contributed by atoms with Crippen LogP contribution in [-0.4, -0.2) is 30.6 Å². The topological polar surface area (TPSA) is 69.3 Å². The highest BCUT2D eigenvalue weighted by Gasteiger charge is 2.23. The zero-order valence-corrected chi connectivity index (χ0v) is 14.5. The van der Waals surface area contributed by atoms with Crippen molar-refractivity contribution in [3.63, 3.8) is 0 Å². The maximum absolute atomic E-state index is 13.2. The quantitative estimate of drug-likeness (QED) is 0.885. The van der Waals surface area contributed by atoms with E-state index >= 15 is 0 Å². The average Bonchev–Trinajstić information content (AvgIpc) is 3.20. The molecule has 0 radical (unpaired) electrons. The van der Waals surface area contributed by atoms with Crippen LogP contribution in [0.1, 0.15) is 36.5 Å². The van der Waals surface area contributed by atoms with Crippen LogP contribution in [0.2, 0.25) is 0 Å². The summed E-state index contributed by atoms with van der Waals surface area (Å²) in [5, 5.41) is 11.9. The van der Waals surface area contributed by atoms with Crippen molar-refractivity contribution in [2.24, 2.45) is 5.92 Å². The second-order valence-electron chi connectivity index (χ2n) is 6.53. The SMILES string of the molecule is N#CC1CCN(C(=O)NCC[C@H](c2ccc(F)cc2)c2ccco2)CC1. The van der Waals surface area contributed by atoms with Gasteiger partial charge in [0.2, 0.25) is 0 Å². The number of furan rings is 1. The van der Waals surface area contributed by atoms with E-state index in [1.165, 1.54) is 12.1 Å². The van der Waals surface area contributed by atoms with Gasteiger partial charge in [-0.3, -0.25) is 0 Å². The minimum Gasteiger partial charge on any atom is -0.469 e. The van der Waals surface area contributed by atoms with Gasteiger partial charge in [-0.1, -0.05) is 12.1 Å². The van der Waals surface area contributed by atoms with E-state index in [-0.39, 0.29) is 23.7 Å². The second-order valence-corrected chi connectivity index (χ2v) is 6.53. The predicted octanol–water partition coefficient (Wildman–Crippen LogP) is 3.89. The van der Waals surface area contributed by atoms with Gasteiger partial charge in [-0.25, -0.2) is 9.18 Å². The highest BCUT2D eigenvalue weighted by molar-refractivity contribution is 5.74. The second kappa shape index (κ2) is 8.52. The van der Waals surface area contributed by atoms with E-state index in [1.54, 1.807) is 23.3 Å². The van der Waals surface area contributed by atoms with Crippen molar-refractivity contribution in [3.05, 3.63) is 59.8 Å². The zero-order chi connectivity index (χ0) is 18.4. The highest BCUT2D eigenvalue weighted by Crippen LogP contribution is 2.28. The molecule has 6 heteroatoms. The van der Waals surface area contributed by atoms with Gasteiger partial charge in [0.15, 0.2) is 0 Å². The maximum atomic E-state index is 13.2. The fraction of sp³-hybridized carbons (Fsp3) is 0.400. The lowest BCUT2D eigenvalue weighted by molar-refractivity contribution is 0.178. The van der Waals surface area contributed by atoms with Crippen LogP contribution in [0.25, 0.3) is 0 Å². The summed E-state index contributed by atoms with van der Waals surface area (Å²) in [6.07, 6.45) is 3.73. The van der Waals surface area contributed by atoms with Gasteiger partial charge in [0.05, 0.1) is 12.3 Å². The smallest absolute Gasteiger partial charge is 0.317 e. The third kappa shape index (κ3) is 4.42. The first-order valence-electron chi connectivity index (χ1n) is 8.88. The Morgan fingerprint density at radius 2 is 2.04 bits per heavy atom. The Hall–Kier alpha value is -2.81. The van der Waals surface area contributed by atoms with Crippen molar-refractivity contribution in [2.45, 2.75) is 25.2 Å². The van der Waals surface area contributed by atoms with Crippen LogP contribution in [-0.2, 0) is 0 Å². The molecule has 0 bridgehead atoms. The molecule has 2 aromatic rings. The molecule has 1 aromatic heterocycles. The van der Waals surface area contributed by atoms with Crippen LogP contribution < -0.4 is 5.32 Å². The molecule has 3 rings (SSSR count). The number of urea groups is 1. The summed E-state index contributed by atoms with van der Waals surface area (Å²) in [6, 6.07) is 12.2. The summed E-state index contributed by atoms with van der Waals surface area (Å²) in [5.41, 5.74) is 0.949. The molecule has 1 fully saturated rings. The van der Waals surface area contributed by atoms with E-state index in [1.807, 2.05) is 12.1 Å². The number of nitrogens with zero attached hydrogens (tertiary/aromatic N) is 2. The van der Waals surface area contributed by atoms with Crippen LogP contribution >= 0.6 is 0 Å². The monoisotopic (exact) mass is 355 g/mol. The van der Waals surface area contributed by atoms with E-state index in [0.717, 1.165) is 24.2 Å². The number of nitrogens with one attached hydrogen (secondary N) is 1. The van der Waals surface area contributed by atoms with Crippen LogP contribution in [0.3, 0.4) is 0 Å². The lowest BCUT2D eigenvalue weighted by Gasteiger charge is -2.29. The number of hydrogen-bond donors (Lipinski definition) is 1. The summed E-state index contributed by atoms with van der Waals surface area (Å²) in [5.74, 6) is 0.526. The number of carbonyl (C=O) groups excluding carboxylic acids is 1. The summed E-state index contributed by atoms with van der Waals surface area (Å²) >= 11 is 0. The molecule has 2 heterocycles. The maximum Gasteiger partial charge on any atom is 0.317 e. The summed E-state index contributed by atoms with van der Waals surface area (Å²) in [7, 11) is 0. The Kier molecular flexibility index (Phi) is 5.90. The number of piperidine rings is 1. The van der Waals surface area contributed by atoms with Gasteiger partial charge in [-0.2, -0.15) is 5.26 Å². The number of likely N-dealkylation sites (tertiary alicyclic amines) is 1. The fourth-order valence-corrected chi connectivity index (χ4v) is 3.30. The van der Waals surface area contributed by atoms with Crippen molar-refractivity contribution in [3.8, 4) is 6.07 Å². The van der Waals surface area contributed by atoms with Crippen LogP contribution in [0.15, 0.2) is 47.1 Å². The minimum atomic E-state index is -0.277. The van der Waals surface area contributed by atoms with E-state index in [9.17, 15) is 9.18 Å². The highest BCUT2D eigenvalue weighted by atomic mass is 19.1. The van der Waals surface area contributed by atoms with Gasteiger partial charge >= 0.3 is 6.03 Å². The average molecular weight is 355 g/mol. The normalized spacial score (nSPS) is 16.1. The number of amides is 2. The zero-order valence-electron chi connectivity index (χ0n) is 14.5. The molecule has 0 spiro atoms. The largest absolute Gasteiger partial charge is 0.469 e. The Bertz CT molecular complexity index is 744. The molecule has 5 nitrogen and oxygen atoms in total. The Labute approximate surface area is 152 Å². The molecule has 0 saturated carbocycles. The fourth-order valence-electron chi connectivity index (χ4n) is 3.30. The van der Waals surface area contributed by atoms with Crippen molar-refractivity contribution in [2.75, 3.05) is 19.6 Å². The van der Waals surface area contributed by atoms with Crippen LogP contribution in [0.5, 0.6) is 0 Å². The van der Waals surface area contributed by atoms with E-state index in [2.05, 4.69) is 11.4 Å². The number of halogens is 1. The Morgan fingerprint density at radius 1 is 1.31 bits per heavy atom. The van der Waals surface area contributed by atoms with Crippen molar-refractivity contribution in [1.82, 2.24) is 10.2 Å². The molecule has 1 N–H and O–H groups in total. The summed E-state index contributed by atoms with van der Waals surface area (Å²) in [6.45, 7) is 1.72. The van der Waals surface area contributed by atoms with Crippen molar-refractivity contribution in [1.29, 1.82) is 5.26 Å². The van der Waals surface area contributed by atoms with Gasteiger partial charge in [-0.15, -0.1) is 0 Å². The van der Waals surface area contributed by atoms with Gasteiger partial charge in [0.1, 0.15) is 11.6 Å². The van der Waals surface area contributed by atoms with Gasteiger partial charge in [0, 0.05) is 31.5 Å². The first kappa shape index (κ1) is 18.0. The first-order valence-corrected chi connectivity index (χ1v) is 8.88. The first-order chi connectivity index (χ1) is 12.7. The minimum absolute atomic E-state index is 0.0461. The van der Waals surface area contributed by atoms with Crippen LogP contribution in [0.4, 0.5) is 9.18 Å². The summed E-state index contributed by atoms with van der Waals surface area (Å²) < 4.78 is 18.7. The van der Waals surface area contributed by atoms with Gasteiger partial charge < -0.3 is 14.6 Å². The molecule has 0 unspecified atom stereocenters. The van der Waals surface area contributed by atoms with Crippen molar-refractivity contribution >= 4 is 6.03 Å². The van der Waals surface area contributed by atoms with Gasteiger partial charge in [-0.05, 0) is 49.1 Å². The molecule has 1 aromatic carbocycles. The Morgan fingerprint density at radius 3 is 2.65 bits per heavy atom. The number of benzene rings is 1. The molecule has 1 aliphatic heterocycles. The molecule has 0 aliphatic carbocycles. The van der Waals surface area contributed by atoms with Gasteiger partial charge in [0.25, 0.3) is 0 Å². The summed E-state index contributed by atoms with van der Waals surface area (Å²) in [4.78, 5) is 14.1. The number of carbonyl (C=O) groups is 1. The molecular formula is C20H22FN3O2. The van der Waals surface area contributed by atoms with E-state index in [0.29, 0.717) is 26.1 Å². The molecule has 26 heavy (non-hydrogen) atoms. The standard InChI is InChI=1S/C20H22FN3O2/c21-17-5-3-16(4-6-17)18(19-2-1-13-26-19)7-10-23-20(25)24-11-8-15(14-22)9-12-24/h1-6,13,15,18H,7-12H2,(H,23,25)/t18-/m1/s1. The van der Waals surface area contributed by atoms with Crippen LogP contribution in [0, 0.1) is 23.1 Å². The molecular weight excluding hydrogens is 333 g/mol. The lowest BCUT2D eigenvalue weighted by atomic mass is 9.93. The van der Waals surface area contributed by atoms with E-state index in [4.69, 9.17) is 9.68 Å². The lowest BCUT2D eigenvalue weighted by Crippen LogP contribution is -2.44. The molecule has 1 saturated heterocycles. The number of hydrogen-bond acceptors (Lipinski definition) is 3. The van der Waals surface area contributed by atoms with E-state index < -0.39 is 0 Å². The molecule has 2 amide bonds. The third-order valence-corrected chi connectivity index (χ3v) is 4.83. The molecule has 1 atom stereocenters. The molecule has 1 aliphatic rings. The third-order valence-electron chi connectivity index (χ3n) is 4.83. The van der Waals surface area contributed by atoms with Crippen molar-refractivity contribution < 1.29 is 13.6 Å². The number of nitriles is 1. The molecule has 136 valence electrons. The Balaban J connectivity index is 1.56. The predicted molar refractivity (Wildman–Crippen MR) is 94.9 cm³/mol.